The van der Waals surface area contributed by atoms with Gasteiger partial charge >= 0.3 is 5.97 Å². The van der Waals surface area contributed by atoms with E-state index < -0.39 is 115 Å². The second-order valence-corrected chi connectivity index (χ2v) is 18.1. The second-order valence-electron chi connectivity index (χ2n) is 17.2. The van der Waals surface area contributed by atoms with Crippen LogP contribution in [0.15, 0.2) is 47.8 Å². The molecule has 0 saturated carbocycles. The highest BCUT2D eigenvalue weighted by atomic mass is 32.2. The molecule has 2 aromatic rings. The molecule has 2 rings (SSSR count). The van der Waals surface area contributed by atoms with Crippen molar-refractivity contribution in [2.75, 3.05) is 44.8 Å². The van der Waals surface area contributed by atoms with E-state index in [-0.39, 0.29) is 63.5 Å². The van der Waals surface area contributed by atoms with Gasteiger partial charge in [0, 0.05) is 31.3 Å². The number of carbonyl (C=O) groups is 9. The van der Waals surface area contributed by atoms with E-state index in [0.29, 0.717) is 36.3 Å². The first-order chi connectivity index (χ1) is 34.3. The Kier molecular flexibility index (Phi) is 28.7. The van der Waals surface area contributed by atoms with E-state index in [4.69, 9.17) is 22.9 Å². The number of aliphatic imine (C=N–C) groups is 1. The molecule has 26 nitrogen and oxygen atoms in total. The maximum absolute atomic E-state index is 14.1. The fourth-order valence-electron chi connectivity index (χ4n) is 6.85. The third kappa shape index (κ3) is 24.3. The Labute approximate surface area is 422 Å². The zero-order valence-electron chi connectivity index (χ0n) is 40.9. The van der Waals surface area contributed by atoms with Crippen LogP contribution in [0.25, 0.3) is 0 Å². The van der Waals surface area contributed by atoms with Crippen LogP contribution in [0.1, 0.15) is 70.1 Å². The number of carbonyl (C=O) groups excluding carboxylic acids is 8. The van der Waals surface area contributed by atoms with E-state index in [1.54, 1.807) is 44.2 Å². The maximum Gasteiger partial charge on any atom is 0.326 e. The minimum atomic E-state index is -1.61. The molecule has 0 fully saturated rings. The van der Waals surface area contributed by atoms with Crippen molar-refractivity contribution in [1.82, 2.24) is 52.5 Å². The lowest BCUT2D eigenvalue weighted by molar-refractivity contribution is -0.142. The zero-order valence-corrected chi connectivity index (χ0v) is 41.8. The van der Waals surface area contributed by atoms with Crippen LogP contribution < -0.4 is 65.5 Å². The van der Waals surface area contributed by atoms with Crippen LogP contribution in [0.5, 0.6) is 0 Å². The summed E-state index contributed by atoms with van der Waals surface area (Å²) in [5.41, 5.74) is 23.3. The first-order valence-electron chi connectivity index (χ1n) is 23.5. The first-order valence-corrected chi connectivity index (χ1v) is 24.9. The van der Waals surface area contributed by atoms with Crippen molar-refractivity contribution in [2.45, 2.75) is 114 Å². The van der Waals surface area contributed by atoms with Gasteiger partial charge in [-0.1, -0.05) is 44.2 Å². The van der Waals surface area contributed by atoms with Crippen molar-refractivity contribution >= 4 is 70.9 Å². The number of rotatable bonds is 35. The normalized spacial score (nSPS) is 13.9. The number of H-pyrrole nitrogens is 1. The molecule has 1 heterocycles. The largest absolute Gasteiger partial charge is 0.480 e. The molecule has 1 aromatic heterocycles. The molecule has 0 unspecified atom stereocenters. The molecule has 0 bridgehead atoms. The molecule has 0 radical (unpaired) electrons. The molecule has 7 atom stereocenters. The van der Waals surface area contributed by atoms with Gasteiger partial charge in [0.25, 0.3) is 0 Å². The van der Waals surface area contributed by atoms with Gasteiger partial charge in [0.05, 0.1) is 32.1 Å². The average Bonchev–Trinajstić information content (AvgIpc) is 3.86. The summed E-state index contributed by atoms with van der Waals surface area (Å²) < 4.78 is 0. The zero-order chi connectivity index (χ0) is 53.6. The van der Waals surface area contributed by atoms with Gasteiger partial charge in [0.1, 0.15) is 36.3 Å². The number of carboxylic acids is 1. The third-order valence-corrected chi connectivity index (χ3v) is 11.3. The number of unbranched alkanes of at least 4 members (excludes halogenated alkanes) is 1. The number of guanidine groups is 1. The summed E-state index contributed by atoms with van der Waals surface area (Å²) in [5, 5.41) is 39.9. The third-order valence-electron chi connectivity index (χ3n) is 10.7. The van der Waals surface area contributed by atoms with Crippen LogP contribution in [0.3, 0.4) is 0 Å². The minimum Gasteiger partial charge on any atom is -0.480 e. The summed E-state index contributed by atoms with van der Waals surface area (Å²) in [6.07, 6.45) is 6.04. The average molecular weight is 1030 g/mol. The maximum atomic E-state index is 14.1. The van der Waals surface area contributed by atoms with Crippen LogP contribution in [0.4, 0.5) is 0 Å². The number of aromatic amines is 1. The summed E-state index contributed by atoms with van der Waals surface area (Å²) in [6.45, 7) is 1.83. The number of hydrogen-bond donors (Lipinski definition) is 15. The smallest absolute Gasteiger partial charge is 0.326 e. The van der Waals surface area contributed by atoms with Gasteiger partial charge in [-0.2, -0.15) is 11.8 Å². The number of imidazole rings is 1. The van der Waals surface area contributed by atoms with Gasteiger partial charge in [0.2, 0.25) is 47.3 Å². The number of aliphatic hydroxyl groups is 1. The lowest BCUT2D eigenvalue weighted by Gasteiger charge is -2.27. The van der Waals surface area contributed by atoms with E-state index in [1.807, 2.05) is 6.26 Å². The van der Waals surface area contributed by atoms with E-state index in [0.717, 1.165) is 0 Å². The predicted molar refractivity (Wildman–Crippen MR) is 268 cm³/mol. The van der Waals surface area contributed by atoms with E-state index in [2.05, 4.69) is 57.5 Å². The molecule has 0 saturated heterocycles. The number of amides is 8. The number of hydrogen-bond acceptors (Lipinski definition) is 15. The Morgan fingerprint density at radius 2 is 1.25 bits per heavy atom. The van der Waals surface area contributed by atoms with Crippen molar-refractivity contribution in [1.29, 1.82) is 0 Å². The van der Waals surface area contributed by atoms with E-state index in [9.17, 15) is 53.4 Å². The summed E-state index contributed by atoms with van der Waals surface area (Å²) in [4.78, 5) is 130. The summed E-state index contributed by atoms with van der Waals surface area (Å²) >= 11 is 1.50. The quantitative estimate of drug-likeness (QED) is 0.0177. The highest BCUT2D eigenvalue weighted by Gasteiger charge is 2.33. The summed E-state index contributed by atoms with van der Waals surface area (Å²) in [5.74, 6) is -7.44. The van der Waals surface area contributed by atoms with Crippen LogP contribution >= 0.6 is 11.8 Å². The van der Waals surface area contributed by atoms with E-state index in [1.165, 1.54) is 24.3 Å². The molecular formula is C45H73N15O11S. The molecule has 19 N–H and O–H groups in total. The molecule has 0 spiro atoms. The van der Waals surface area contributed by atoms with Crippen molar-refractivity contribution in [2.24, 2.45) is 33.8 Å². The predicted octanol–water partition coefficient (Wildman–Crippen LogP) is -4.28. The topological polar surface area (TPSA) is 435 Å². The number of nitrogens with one attached hydrogen (secondary N) is 9. The fourth-order valence-corrected chi connectivity index (χ4v) is 7.34. The lowest BCUT2D eigenvalue weighted by atomic mass is 10.0. The van der Waals surface area contributed by atoms with Crippen LogP contribution in [-0.4, -0.2) is 166 Å². The molecule has 8 amide bonds. The van der Waals surface area contributed by atoms with Gasteiger partial charge in [-0.25, -0.2) is 9.78 Å². The Morgan fingerprint density at radius 1 is 0.694 bits per heavy atom. The van der Waals surface area contributed by atoms with Gasteiger partial charge in [-0.3, -0.25) is 43.3 Å². The first kappa shape index (κ1) is 61.3. The standard InChI is InChI=1S/C45H73N15O11S/c1-26(2)18-32(55-37(63)23-53-39(65)35(24-61)60-43(69)34(20-28-21-50-25-54-28)56-36(62)22-52-38(64)29(47)14-17-72-3)41(67)59-33(19-27-10-5-4-6-11-27)42(68)57-30(12-7-8-15-46)40(66)58-31(44(70)71)13-9-16-51-45(48)49/h4-6,10-11,21,25-26,29-35,61H,7-9,12-20,22-24,46-47H2,1-3H3,(H,50,54)(H,52,64)(H,53,65)(H,55,63)(H,56,62)(H,57,68)(H,58,66)(H,59,67)(H,60,69)(H,70,71)(H4,48,49,51)/t29-,30-,31-,32-,33-,34-,35-/m0/s1. The molecule has 0 aliphatic heterocycles. The summed E-state index contributed by atoms with van der Waals surface area (Å²) in [7, 11) is 0. The van der Waals surface area contributed by atoms with Gasteiger partial charge < -0.3 is 80.7 Å². The Hall–Kier alpha value is -6.84. The fraction of sp³-hybridized carbons (Fsp3) is 0.578. The number of thioether (sulfide) groups is 1. The molecular weight excluding hydrogens is 959 g/mol. The van der Waals surface area contributed by atoms with Crippen molar-refractivity contribution in [3.05, 3.63) is 54.1 Å². The number of aromatic nitrogens is 2. The highest BCUT2D eigenvalue weighted by molar-refractivity contribution is 7.98. The van der Waals surface area contributed by atoms with Crippen molar-refractivity contribution in [3.8, 4) is 0 Å². The highest BCUT2D eigenvalue weighted by Crippen LogP contribution is 2.11. The summed E-state index contributed by atoms with van der Waals surface area (Å²) in [6, 6.07) is -0.270. The number of aliphatic carboxylic acids is 1. The number of carboxylic acid groups (broad SMARTS) is 1. The van der Waals surface area contributed by atoms with Gasteiger partial charge in [-0.05, 0) is 75.0 Å². The molecule has 0 aliphatic rings. The van der Waals surface area contributed by atoms with Crippen molar-refractivity contribution in [3.63, 3.8) is 0 Å². The number of benzene rings is 1. The Balaban J connectivity index is 2.20. The van der Waals surface area contributed by atoms with Crippen molar-refractivity contribution < 1.29 is 53.4 Å². The van der Waals surface area contributed by atoms with Crippen LogP contribution in [-0.2, 0) is 56.0 Å². The Morgan fingerprint density at radius 3 is 1.82 bits per heavy atom. The van der Waals surface area contributed by atoms with E-state index >= 15 is 0 Å². The molecule has 72 heavy (non-hydrogen) atoms. The Bertz CT molecular complexity index is 2080. The molecule has 400 valence electrons. The van der Waals surface area contributed by atoms with Gasteiger partial charge in [-0.15, -0.1) is 0 Å². The SMILES string of the molecule is CSCC[C@H](N)C(=O)NCC(=O)N[C@@H](Cc1cnc[nH]1)C(=O)N[C@@H](CO)C(=O)NCC(=O)N[C@@H](CC(C)C)C(=O)N[C@@H](Cc1ccccc1)C(=O)N[C@@H](CCCCN)C(=O)N[C@@H](CCCN=C(N)N)C(=O)O. The van der Waals surface area contributed by atoms with Crippen LogP contribution in [0.2, 0.25) is 0 Å². The monoisotopic (exact) mass is 1030 g/mol. The van der Waals surface area contributed by atoms with Crippen LogP contribution in [0, 0.1) is 5.92 Å². The minimum absolute atomic E-state index is 0.0204. The molecule has 27 heteroatoms. The number of nitrogens with zero attached hydrogens (tertiary/aromatic N) is 2. The van der Waals surface area contributed by atoms with Gasteiger partial charge in [0.15, 0.2) is 5.96 Å². The second kappa shape index (κ2) is 33.7. The molecule has 1 aromatic carbocycles. The number of nitrogens with two attached hydrogens (primary N) is 4. The number of aliphatic hydroxyl groups excluding tert-OH is 1. The molecule has 0 aliphatic carbocycles. The lowest BCUT2D eigenvalue weighted by Crippen LogP contribution is -2.59.